The molecular formula is C23H25N5O2S2. The van der Waals surface area contributed by atoms with E-state index in [0.717, 1.165) is 65.3 Å². The first-order valence-corrected chi connectivity index (χ1v) is 12.7. The van der Waals surface area contributed by atoms with Gasteiger partial charge >= 0.3 is 0 Å². The van der Waals surface area contributed by atoms with Crippen LogP contribution in [0.15, 0.2) is 46.2 Å². The van der Waals surface area contributed by atoms with Crippen molar-refractivity contribution in [1.29, 1.82) is 0 Å². The lowest BCUT2D eigenvalue weighted by Gasteiger charge is -2.31. The first-order valence-electron chi connectivity index (χ1n) is 10.9. The summed E-state index contributed by atoms with van der Waals surface area (Å²) >= 11 is 3.20. The van der Waals surface area contributed by atoms with Crippen molar-refractivity contribution in [1.82, 2.24) is 24.6 Å². The van der Waals surface area contributed by atoms with Crippen LogP contribution in [0.3, 0.4) is 0 Å². The summed E-state index contributed by atoms with van der Waals surface area (Å²) in [6.07, 6.45) is 3.74. The fraction of sp³-hybridized carbons (Fsp3) is 0.391. The third-order valence-corrected chi connectivity index (χ3v) is 8.04. The molecule has 1 amide bonds. The Labute approximate surface area is 194 Å². The Morgan fingerprint density at radius 2 is 2.16 bits per heavy atom. The van der Waals surface area contributed by atoms with Crippen LogP contribution in [0.25, 0.3) is 21.6 Å². The molecule has 0 bridgehead atoms. The zero-order valence-corrected chi connectivity index (χ0v) is 19.8. The minimum atomic E-state index is 0.146. The van der Waals surface area contributed by atoms with E-state index < -0.39 is 0 Å². The van der Waals surface area contributed by atoms with Crippen LogP contribution in [0.5, 0.6) is 0 Å². The van der Waals surface area contributed by atoms with Crippen LogP contribution in [-0.4, -0.2) is 49.4 Å². The number of furan rings is 1. The van der Waals surface area contributed by atoms with Crippen molar-refractivity contribution in [2.24, 2.45) is 0 Å². The van der Waals surface area contributed by atoms with E-state index in [9.17, 15) is 4.79 Å². The molecule has 0 spiro atoms. The molecular weight excluding hydrogens is 442 g/mol. The molecule has 1 fully saturated rings. The monoisotopic (exact) mass is 467 g/mol. The maximum absolute atomic E-state index is 13.0. The molecule has 0 N–H and O–H groups in total. The summed E-state index contributed by atoms with van der Waals surface area (Å²) in [7, 11) is 0. The molecule has 0 aliphatic carbocycles. The zero-order valence-electron chi connectivity index (χ0n) is 18.2. The largest absolute Gasteiger partial charge is 0.469 e. The number of hydrogen-bond donors (Lipinski definition) is 0. The molecule has 166 valence electrons. The fourth-order valence-corrected chi connectivity index (χ4v) is 6.18. The topological polar surface area (TPSA) is 77.1 Å². The summed E-state index contributed by atoms with van der Waals surface area (Å²) in [4.78, 5) is 19.8. The van der Waals surface area contributed by atoms with Crippen LogP contribution in [0, 0.1) is 6.92 Å². The van der Waals surface area contributed by atoms with E-state index >= 15 is 0 Å². The van der Waals surface area contributed by atoms with Gasteiger partial charge in [0.1, 0.15) is 5.76 Å². The van der Waals surface area contributed by atoms with Gasteiger partial charge in [0, 0.05) is 25.6 Å². The van der Waals surface area contributed by atoms with Gasteiger partial charge in [-0.1, -0.05) is 23.9 Å². The Kier molecular flexibility index (Phi) is 6.01. The summed E-state index contributed by atoms with van der Waals surface area (Å²) in [6.45, 7) is 6.24. The number of fused-ring (bicyclic) bond motifs is 1. The van der Waals surface area contributed by atoms with Gasteiger partial charge in [-0.3, -0.25) is 4.79 Å². The quantitative estimate of drug-likeness (QED) is 0.373. The third-order valence-electron chi connectivity index (χ3n) is 5.89. The van der Waals surface area contributed by atoms with E-state index in [0.29, 0.717) is 11.7 Å². The summed E-state index contributed by atoms with van der Waals surface area (Å²) < 4.78 is 8.67. The van der Waals surface area contributed by atoms with E-state index in [1.54, 1.807) is 17.6 Å². The lowest BCUT2D eigenvalue weighted by Crippen LogP contribution is -2.40. The van der Waals surface area contributed by atoms with Crippen molar-refractivity contribution < 1.29 is 9.21 Å². The second-order valence-electron chi connectivity index (χ2n) is 7.93. The summed E-state index contributed by atoms with van der Waals surface area (Å²) in [5.41, 5.74) is 1.99. The van der Waals surface area contributed by atoms with Gasteiger partial charge in [0.25, 0.3) is 0 Å². The van der Waals surface area contributed by atoms with Crippen LogP contribution < -0.4 is 0 Å². The number of amides is 1. The van der Waals surface area contributed by atoms with Gasteiger partial charge < -0.3 is 13.9 Å². The number of aryl methyl sites for hydroxylation is 1. The van der Waals surface area contributed by atoms with Crippen LogP contribution in [0.4, 0.5) is 0 Å². The van der Waals surface area contributed by atoms with Crippen LogP contribution >= 0.6 is 23.1 Å². The maximum atomic E-state index is 13.0. The number of piperidine rings is 1. The van der Waals surface area contributed by atoms with Crippen molar-refractivity contribution in [2.75, 3.05) is 18.8 Å². The van der Waals surface area contributed by atoms with E-state index in [1.165, 1.54) is 16.5 Å². The van der Waals surface area contributed by atoms with Crippen molar-refractivity contribution >= 4 is 39.2 Å². The molecule has 4 heterocycles. The van der Waals surface area contributed by atoms with Crippen molar-refractivity contribution in [3.05, 3.63) is 47.4 Å². The number of rotatable bonds is 6. The van der Waals surface area contributed by atoms with Gasteiger partial charge in [-0.05, 0) is 44.9 Å². The van der Waals surface area contributed by atoms with Gasteiger partial charge in [0.2, 0.25) is 5.91 Å². The van der Waals surface area contributed by atoms with E-state index in [2.05, 4.69) is 29.3 Å². The number of para-hydroxylation sites is 1. The molecule has 4 aromatic rings. The number of aromatic nitrogens is 4. The minimum absolute atomic E-state index is 0.146. The number of likely N-dealkylation sites (tertiary alicyclic amines) is 1. The Morgan fingerprint density at radius 3 is 2.94 bits per heavy atom. The van der Waals surface area contributed by atoms with Gasteiger partial charge in [0.15, 0.2) is 11.0 Å². The zero-order chi connectivity index (χ0) is 22.1. The predicted octanol–water partition coefficient (Wildman–Crippen LogP) is 4.97. The van der Waals surface area contributed by atoms with Gasteiger partial charge in [-0.2, -0.15) is 0 Å². The van der Waals surface area contributed by atoms with Crippen molar-refractivity contribution in [3.63, 3.8) is 0 Å². The SMILES string of the molecule is CCn1c(SCC(=O)N2CCC[C@H](c3nc4ccccc4s3)C2)nnc1-c1ccoc1C. The molecule has 0 saturated carbocycles. The molecule has 0 radical (unpaired) electrons. The third kappa shape index (κ3) is 4.06. The maximum Gasteiger partial charge on any atom is 0.233 e. The molecule has 1 atom stereocenters. The normalized spacial score (nSPS) is 16.7. The molecule has 1 aliphatic rings. The molecule has 5 rings (SSSR count). The van der Waals surface area contributed by atoms with E-state index in [1.807, 2.05) is 34.6 Å². The Morgan fingerprint density at radius 1 is 1.28 bits per heavy atom. The Bertz CT molecular complexity index is 1210. The smallest absolute Gasteiger partial charge is 0.233 e. The summed E-state index contributed by atoms with van der Waals surface area (Å²) in [5, 5.41) is 10.6. The molecule has 9 heteroatoms. The fourth-order valence-electron chi connectivity index (χ4n) is 4.18. The highest BCUT2D eigenvalue weighted by Gasteiger charge is 2.27. The first-order chi connectivity index (χ1) is 15.6. The second kappa shape index (κ2) is 9.07. The summed E-state index contributed by atoms with van der Waals surface area (Å²) in [6, 6.07) is 10.1. The highest BCUT2D eigenvalue weighted by Crippen LogP contribution is 2.33. The minimum Gasteiger partial charge on any atom is -0.469 e. The van der Waals surface area contributed by atoms with Gasteiger partial charge in [0.05, 0.1) is 32.8 Å². The molecule has 7 nitrogen and oxygen atoms in total. The average Bonchev–Trinajstić information content (AvgIpc) is 3.54. The first kappa shape index (κ1) is 21.2. The lowest BCUT2D eigenvalue weighted by atomic mass is 9.99. The molecule has 32 heavy (non-hydrogen) atoms. The lowest BCUT2D eigenvalue weighted by molar-refractivity contribution is -0.129. The highest BCUT2D eigenvalue weighted by atomic mass is 32.2. The highest BCUT2D eigenvalue weighted by molar-refractivity contribution is 7.99. The molecule has 1 aromatic carbocycles. The number of carbonyl (C=O) groups is 1. The van der Waals surface area contributed by atoms with Gasteiger partial charge in [-0.15, -0.1) is 21.5 Å². The summed E-state index contributed by atoms with van der Waals surface area (Å²) in [5.74, 6) is 2.41. The van der Waals surface area contributed by atoms with Crippen LogP contribution in [0.1, 0.15) is 36.5 Å². The average molecular weight is 468 g/mol. The van der Waals surface area contributed by atoms with Crippen molar-refractivity contribution in [3.8, 4) is 11.4 Å². The second-order valence-corrected chi connectivity index (χ2v) is 9.93. The van der Waals surface area contributed by atoms with E-state index in [-0.39, 0.29) is 5.91 Å². The molecule has 0 unspecified atom stereocenters. The van der Waals surface area contributed by atoms with E-state index in [4.69, 9.17) is 9.40 Å². The number of thioether (sulfide) groups is 1. The standard InChI is InChI=1S/C23H25N5O2S2/c1-3-28-21(17-10-12-30-15(17)2)25-26-23(28)31-14-20(29)27-11-6-7-16(13-27)22-24-18-8-4-5-9-19(18)32-22/h4-5,8-10,12,16H,3,6-7,11,13-14H2,1-2H3/t16-/m0/s1. The number of hydrogen-bond acceptors (Lipinski definition) is 7. The predicted molar refractivity (Wildman–Crippen MR) is 127 cm³/mol. The number of nitrogens with zero attached hydrogens (tertiary/aromatic N) is 5. The molecule has 1 aliphatic heterocycles. The number of benzene rings is 1. The van der Waals surface area contributed by atoms with Gasteiger partial charge in [-0.25, -0.2) is 4.98 Å². The molecule has 1 saturated heterocycles. The number of carbonyl (C=O) groups excluding carboxylic acids is 1. The Hall–Kier alpha value is -2.65. The molecule has 3 aromatic heterocycles. The van der Waals surface area contributed by atoms with Crippen molar-refractivity contribution in [2.45, 2.75) is 44.3 Å². The van der Waals surface area contributed by atoms with Crippen LogP contribution in [0.2, 0.25) is 0 Å². The Balaban J connectivity index is 1.25. The number of thiazole rings is 1. The van der Waals surface area contributed by atoms with Crippen LogP contribution in [-0.2, 0) is 11.3 Å².